The van der Waals surface area contributed by atoms with Crippen LogP contribution in [0.15, 0.2) is 24.3 Å². The van der Waals surface area contributed by atoms with Crippen molar-refractivity contribution in [2.75, 3.05) is 5.88 Å². The Morgan fingerprint density at radius 2 is 1.95 bits per heavy atom. The third-order valence-electron chi connectivity index (χ3n) is 4.45. The molecule has 1 aliphatic rings. The summed E-state index contributed by atoms with van der Waals surface area (Å²) in [4.78, 5) is 0. The smallest absolute Gasteiger partial charge is 0.0406 e. The van der Waals surface area contributed by atoms with Crippen LogP contribution in [-0.4, -0.2) is 11.4 Å². The van der Waals surface area contributed by atoms with Crippen molar-refractivity contribution >= 4 is 11.6 Å². The Kier molecular flexibility index (Phi) is 5.29. The quantitative estimate of drug-likeness (QED) is 0.781. The summed E-state index contributed by atoms with van der Waals surface area (Å²) in [7, 11) is 0. The van der Waals surface area contributed by atoms with Gasteiger partial charge in [0.15, 0.2) is 0 Å². The molecule has 1 aromatic carbocycles. The first kappa shape index (κ1) is 14.9. The van der Waals surface area contributed by atoms with Crippen LogP contribution in [0.25, 0.3) is 0 Å². The third kappa shape index (κ3) is 3.97. The summed E-state index contributed by atoms with van der Waals surface area (Å²) in [5.74, 6) is 1.52. The van der Waals surface area contributed by atoms with E-state index in [2.05, 4.69) is 43.4 Å². The zero-order chi connectivity index (χ0) is 13.7. The number of halogens is 1. The summed E-state index contributed by atoms with van der Waals surface area (Å²) >= 11 is 6.25. The maximum absolute atomic E-state index is 6.25. The van der Waals surface area contributed by atoms with Crippen LogP contribution >= 0.6 is 11.6 Å². The van der Waals surface area contributed by atoms with E-state index in [4.69, 9.17) is 11.6 Å². The summed E-state index contributed by atoms with van der Waals surface area (Å²) in [5, 5.41) is 3.74. The molecule has 0 aromatic heterocycles. The van der Waals surface area contributed by atoms with Crippen LogP contribution in [0.2, 0.25) is 0 Å². The van der Waals surface area contributed by atoms with Gasteiger partial charge in [0, 0.05) is 18.0 Å². The number of hydrogen-bond acceptors (Lipinski definition) is 1. The lowest BCUT2D eigenvalue weighted by Crippen LogP contribution is -2.49. The number of rotatable bonds is 5. The zero-order valence-corrected chi connectivity index (χ0v) is 13.0. The molecule has 1 N–H and O–H groups in total. The van der Waals surface area contributed by atoms with E-state index >= 15 is 0 Å². The van der Waals surface area contributed by atoms with Gasteiger partial charge in [-0.05, 0) is 36.3 Å². The number of benzene rings is 1. The van der Waals surface area contributed by atoms with Crippen LogP contribution in [-0.2, 0) is 13.0 Å². The molecule has 1 aliphatic carbocycles. The topological polar surface area (TPSA) is 12.0 Å². The molecule has 0 spiro atoms. The zero-order valence-electron chi connectivity index (χ0n) is 12.2. The van der Waals surface area contributed by atoms with Gasteiger partial charge in [0.05, 0.1) is 0 Å². The van der Waals surface area contributed by atoms with Gasteiger partial charge in [-0.1, -0.05) is 51.0 Å². The molecule has 0 bridgehead atoms. The maximum atomic E-state index is 6.25. The minimum Gasteiger partial charge on any atom is -0.306 e. The Morgan fingerprint density at radius 1 is 1.26 bits per heavy atom. The first-order valence-corrected chi connectivity index (χ1v) is 8.10. The second-order valence-corrected chi connectivity index (χ2v) is 6.41. The van der Waals surface area contributed by atoms with Gasteiger partial charge in [0.2, 0.25) is 0 Å². The highest BCUT2D eigenvalue weighted by atomic mass is 35.5. The highest BCUT2D eigenvalue weighted by molar-refractivity contribution is 6.18. The van der Waals surface area contributed by atoms with Crippen molar-refractivity contribution < 1.29 is 0 Å². The molecule has 0 amide bonds. The number of nitrogens with one attached hydrogen (secondary N) is 1. The standard InChI is InChI=1S/C17H26ClN/c1-3-15-6-8-16(9-7-15)12-19-17(13-18)10-4-5-14(2)11-17/h6-9,14,19H,3-5,10-13H2,1-2H3. The highest BCUT2D eigenvalue weighted by Crippen LogP contribution is 2.33. The summed E-state index contributed by atoms with van der Waals surface area (Å²) < 4.78 is 0. The molecule has 19 heavy (non-hydrogen) atoms. The summed E-state index contributed by atoms with van der Waals surface area (Å²) in [6, 6.07) is 8.93. The van der Waals surface area contributed by atoms with Crippen LogP contribution in [0, 0.1) is 5.92 Å². The van der Waals surface area contributed by atoms with Crippen molar-refractivity contribution in [1.82, 2.24) is 5.32 Å². The predicted octanol–water partition coefficient (Wildman–Crippen LogP) is 4.53. The normalized spacial score (nSPS) is 27.4. The van der Waals surface area contributed by atoms with Gasteiger partial charge < -0.3 is 5.32 Å². The second-order valence-electron chi connectivity index (χ2n) is 6.14. The number of alkyl halides is 1. The van der Waals surface area contributed by atoms with Gasteiger partial charge in [0.1, 0.15) is 0 Å². The Balaban J connectivity index is 1.95. The monoisotopic (exact) mass is 279 g/mol. The maximum Gasteiger partial charge on any atom is 0.0406 e. The Bertz CT molecular complexity index is 387. The van der Waals surface area contributed by atoms with E-state index in [-0.39, 0.29) is 5.54 Å². The molecule has 2 rings (SSSR count). The van der Waals surface area contributed by atoms with Crippen LogP contribution in [0.4, 0.5) is 0 Å². The van der Waals surface area contributed by atoms with Gasteiger partial charge in [-0.2, -0.15) is 0 Å². The first-order valence-electron chi connectivity index (χ1n) is 7.56. The van der Waals surface area contributed by atoms with E-state index < -0.39 is 0 Å². The van der Waals surface area contributed by atoms with Crippen LogP contribution in [0.1, 0.15) is 50.7 Å². The molecule has 0 saturated heterocycles. The van der Waals surface area contributed by atoms with E-state index in [9.17, 15) is 0 Å². The van der Waals surface area contributed by atoms with E-state index in [1.165, 1.54) is 36.8 Å². The van der Waals surface area contributed by atoms with Gasteiger partial charge in [-0.25, -0.2) is 0 Å². The minimum absolute atomic E-state index is 0.155. The lowest BCUT2D eigenvalue weighted by Gasteiger charge is -2.39. The summed E-state index contributed by atoms with van der Waals surface area (Å²) in [5.41, 5.74) is 2.92. The predicted molar refractivity (Wildman–Crippen MR) is 83.7 cm³/mol. The molecular formula is C17H26ClN. The van der Waals surface area contributed by atoms with E-state index in [1.54, 1.807) is 0 Å². The molecule has 1 aromatic rings. The van der Waals surface area contributed by atoms with Crippen molar-refractivity contribution in [3.8, 4) is 0 Å². The first-order chi connectivity index (χ1) is 9.17. The van der Waals surface area contributed by atoms with Gasteiger partial charge in [-0.15, -0.1) is 11.6 Å². The van der Waals surface area contributed by atoms with Crippen molar-refractivity contribution in [2.24, 2.45) is 5.92 Å². The molecule has 1 fully saturated rings. The molecule has 0 radical (unpaired) electrons. The third-order valence-corrected chi connectivity index (χ3v) is 4.96. The van der Waals surface area contributed by atoms with Crippen LogP contribution in [0.3, 0.4) is 0 Å². The SMILES string of the molecule is CCc1ccc(CNC2(CCl)CCCC(C)C2)cc1. The Morgan fingerprint density at radius 3 is 2.53 bits per heavy atom. The minimum atomic E-state index is 0.155. The second kappa shape index (κ2) is 6.76. The molecule has 0 heterocycles. The van der Waals surface area contributed by atoms with Gasteiger partial charge in [0.25, 0.3) is 0 Å². The fraction of sp³-hybridized carbons (Fsp3) is 0.647. The van der Waals surface area contributed by atoms with Crippen LogP contribution < -0.4 is 5.32 Å². The lowest BCUT2D eigenvalue weighted by molar-refractivity contribution is 0.207. The van der Waals surface area contributed by atoms with Crippen molar-refractivity contribution in [1.29, 1.82) is 0 Å². The fourth-order valence-corrected chi connectivity index (χ4v) is 3.51. The van der Waals surface area contributed by atoms with Crippen LogP contribution in [0.5, 0.6) is 0 Å². The van der Waals surface area contributed by atoms with E-state index in [0.717, 1.165) is 24.8 Å². The molecule has 1 nitrogen and oxygen atoms in total. The number of hydrogen-bond donors (Lipinski definition) is 1. The highest BCUT2D eigenvalue weighted by Gasteiger charge is 2.33. The fourth-order valence-electron chi connectivity index (χ4n) is 3.17. The number of aryl methyl sites for hydroxylation is 1. The molecule has 1 saturated carbocycles. The van der Waals surface area contributed by atoms with Gasteiger partial charge in [-0.3, -0.25) is 0 Å². The Hall–Kier alpha value is -0.530. The van der Waals surface area contributed by atoms with Crippen molar-refractivity contribution in [3.63, 3.8) is 0 Å². The van der Waals surface area contributed by atoms with Gasteiger partial charge >= 0.3 is 0 Å². The van der Waals surface area contributed by atoms with E-state index in [0.29, 0.717) is 0 Å². The molecule has 2 heteroatoms. The average Bonchev–Trinajstić information content (AvgIpc) is 2.46. The molecule has 2 unspecified atom stereocenters. The summed E-state index contributed by atoms with van der Waals surface area (Å²) in [6.07, 6.45) is 6.19. The largest absolute Gasteiger partial charge is 0.306 e. The molecule has 106 valence electrons. The molecular weight excluding hydrogens is 254 g/mol. The van der Waals surface area contributed by atoms with Crippen molar-refractivity contribution in [2.45, 2.75) is 58.0 Å². The summed E-state index contributed by atoms with van der Waals surface area (Å²) in [6.45, 7) is 5.47. The van der Waals surface area contributed by atoms with Crippen molar-refractivity contribution in [3.05, 3.63) is 35.4 Å². The molecule has 2 atom stereocenters. The molecule has 0 aliphatic heterocycles. The lowest BCUT2D eigenvalue weighted by atomic mass is 9.77. The Labute approximate surface area is 122 Å². The average molecular weight is 280 g/mol. The van der Waals surface area contributed by atoms with E-state index in [1.807, 2.05) is 0 Å².